The van der Waals surface area contributed by atoms with Crippen molar-refractivity contribution in [2.45, 2.75) is 88.4 Å². The Kier molecular flexibility index (Phi) is 10.7. The van der Waals surface area contributed by atoms with Gasteiger partial charge in [0.1, 0.15) is 23.2 Å². The quantitative estimate of drug-likeness (QED) is 0.113. The number of fused-ring (bicyclic) bond motifs is 4. The van der Waals surface area contributed by atoms with Gasteiger partial charge in [-0.2, -0.15) is 0 Å². The van der Waals surface area contributed by atoms with E-state index in [1.807, 2.05) is 67.3 Å². The van der Waals surface area contributed by atoms with Gasteiger partial charge in [0.25, 0.3) is 5.92 Å². The highest BCUT2D eigenvalue weighted by Crippen LogP contribution is 2.65. The second-order valence-electron chi connectivity index (χ2n) is 19.2. The first-order valence-electron chi connectivity index (χ1n) is 24.2. The summed E-state index contributed by atoms with van der Waals surface area (Å²) in [6.45, 7) is 11.5. The lowest BCUT2D eigenvalue weighted by Gasteiger charge is -2.34. The molecule has 67 heavy (non-hydrogen) atoms. The van der Waals surface area contributed by atoms with Gasteiger partial charge in [-0.3, -0.25) is 19.4 Å². The monoisotopic (exact) mass is 900 g/mol. The molecule has 2 amide bonds. The van der Waals surface area contributed by atoms with E-state index in [2.05, 4.69) is 105 Å². The molecule has 10 nitrogen and oxygen atoms in total. The number of hydrogen-bond acceptors (Lipinski definition) is 6. The number of nitrogens with one attached hydrogen (secondary N) is 2. The first kappa shape index (κ1) is 43.3. The summed E-state index contributed by atoms with van der Waals surface area (Å²) in [4.78, 5) is 54.2. The van der Waals surface area contributed by atoms with E-state index in [9.17, 15) is 4.79 Å². The van der Waals surface area contributed by atoms with Crippen molar-refractivity contribution in [2.75, 3.05) is 39.3 Å². The number of alkyl halides is 2. The molecule has 2 unspecified atom stereocenters. The lowest BCUT2D eigenvalue weighted by molar-refractivity contribution is -0.139. The average Bonchev–Trinajstić information content (AvgIpc) is 3.90. The van der Waals surface area contributed by atoms with Crippen LogP contribution in [0.4, 0.5) is 8.78 Å². The van der Waals surface area contributed by atoms with Gasteiger partial charge in [0.15, 0.2) is 0 Å². The zero-order valence-corrected chi connectivity index (χ0v) is 38.7. The molecule has 2 saturated carbocycles. The van der Waals surface area contributed by atoms with Gasteiger partial charge in [-0.25, -0.2) is 18.7 Å². The Balaban J connectivity index is 0.834. The third kappa shape index (κ3) is 7.08. The Morgan fingerprint density at radius 2 is 1.49 bits per heavy atom. The number of piperidine rings is 1. The Bertz CT molecular complexity index is 2970. The molecule has 2 aliphatic carbocycles. The Hall–Kier alpha value is -6.24. The standard InChI is InChI=1S/C55H58F2N8O2/c1-5-62(6-2)46-32-54(46,40-17-13-10-14-18-40)52(67)65-28-27-41-30-55(41,65)51-60-43-26-24-39-29-38(23-25-42(39)47(43)61-51)35-19-21-36(22-20-35)44-33-58-49(59-44)45-31-53(56,57)34-64(45)50(66)48(63(7-3)8-4)37-15-11-9-12-16-37/h9-26,29,33,41,45-46,48H,5-8,27-28,30-32,34H2,1-4H3,(H,58,59)(H,60,61)/t41-,45-,46?,48+,54?,55+/m0/s1. The zero-order valence-electron chi connectivity index (χ0n) is 38.7. The van der Waals surface area contributed by atoms with Gasteiger partial charge < -0.3 is 19.8 Å². The number of imidazole rings is 2. The fourth-order valence-corrected chi connectivity index (χ4v) is 12.0. The molecule has 7 aromatic rings. The largest absolute Gasteiger partial charge is 0.340 e. The molecule has 344 valence electrons. The number of hydrogen-bond donors (Lipinski definition) is 2. The lowest BCUT2D eigenvalue weighted by Crippen LogP contribution is -2.48. The predicted molar refractivity (Wildman–Crippen MR) is 258 cm³/mol. The Morgan fingerprint density at radius 3 is 2.19 bits per heavy atom. The third-order valence-electron chi connectivity index (χ3n) is 15.7. The van der Waals surface area contributed by atoms with E-state index < -0.39 is 41.9 Å². The van der Waals surface area contributed by atoms with Crippen molar-refractivity contribution >= 4 is 33.6 Å². The number of carbonyl (C=O) groups is 2. The summed E-state index contributed by atoms with van der Waals surface area (Å²) in [6, 6.07) is 37.3. The second kappa shape index (κ2) is 16.5. The maximum atomic E-state index is 15.2. The summed E-state index contributed by atoms with van der Waals surface area (Å²) in [7, 11) is 0. The van der Waals surface area contributed by atoms with Crippen LogP contribution in [0.5, 0.6) is 0 Å². The van der Waals surface area contributed by atoms with E-state index in [0.29, 0.717) is 30.5 Å². The number of benzene rings is 5. The molecular formula is C55H58F2N8O2. The van der Waals surface area contributed by atoms with Crippen molar-refractivity contribution in [3.05, 3.63) is 144 Å². The molecule has 6 atom stereocenters. The summed E-state index contributed by atoms with van der Waals surface area (Å²) >= 11 is 0. The molecule has 2 saturated heterocycles. The van der Waals surface area contributed by atoms with Crippen LogP contribution < -0.4 is 0 Å². The van der Waals surface area contributed by atoms with Crippen LogP contribution in [0.3, 0.4) is 0 Å². The number of aromatic amines is 2. The number of halogens is 2. The minimum atomic E-state index is -3.04. The molecule has 11 rings (SSSR count). The molecule has 4 heterocycles. The van der Waals surface area contributed by atoms with Gasteiger partial charge >= 0.3 is 0 Å². The SMILES string of the molecule is CCN(CC)C1CC1(C(=O)N1CC[C@H]2C[C@]21c1nc2c(ccc3cc(-c4ccc(-c5cnc([C@@H]6CC(F)(F)CN6C(=O)[C@@H](c6ccccc6)N(CC)CC)[nH]5)cc4)ccc32)[nH]1)c1ccccc1. The maximum absolute atomic E-state index is 15.2. The molecule has 0 spiro atoms. The molecule has 2 aromatic heterocycles. The van der Waals surface area contributed by atoms with Crippen LogP contribution >= 0.6 is 0 Å². The number of aromatic nitrogens is 4. The van der Waals surface area contributed by atoms with Gasteiger partial charge in [0.2, 0.25) is 11.8 Å². The average molecular weight is 901 g/mol. The predicted octanol–water partition coefficient (Wildman–Crippen LogP) is 10.3. The van der Waals surface area contributed by atoms with E-state index >= 15 is 13.6 Å². The normalized spacial score (nSPS) is 24.5. The van der Waals surface area contributed by atoms with Crippen LogP contribution in [-0.2, 0) is 20.5 Å². The van der Waals surface area contributed by atoms with Crippen LogP contribution in [0.25, 0.3) is 44.2 Å². The molecule has 12 heteroatoms. The van der Waals surface area contributed by atoms with Crippen LogP contribution in [0.15, 0.2) is 121 Å². The van der Waals surface area contributed by atoms with Crippen molar-refractivity contribution in [2.24, 2.45) is 5.92 Å². The number of H-pyrrole nitrogens is 2. The highest BCUT2D eigenvalue weighted by atomic mass is 19.3. The van der Waals surface area contributed by atoms with Crippen LogP contribution in [-0.4, -0.2) is 103 Å². The molecular weight excluding hydrogens is 843 g/mol. The van der Waals surface area contributed by atoms with Crippen LogP contribution in [0.2, 0.25) is 0 Å². The maximum Gasteiger partial charge on any atom is 0.267 e. The van der Waals surface area contributed by atoms with E-state index in [1.54, 1.807) is 6.20 Å². The van der Waals surface area contributed by atoms with Gasteiger partial charge in [-0.1, -0.05) is 131 Å². The summed E-state index contributed by atoms with van der Waals surface area (Å²) < 4.78 is 30.4. The smallest absolute Gasteiger partial charge is 0.267 e. The van der Waals surface area contributed by atoms with Gasteiger partial charge in [-0.05, 0) is 96.7 Å². The number of amides is 2. The fraction of sp³-hybridized carbons (Fsp3) is 0.382. The topological polar surface area (TPSA) is 104 Å². The number of likely N-dealkylation sites (tertiary alicyclic amines) is 2. The van der Waals surface area contributed by atoms with Crippen molar-refractivity contribution in [1.82, 2.24) is 39.5 Å². The van der Waals surface area contributed by atoms with Crippen LogP contribution in [0, 0.1) is 5.92 Å². The lowest BCUT2D eigenvalue weighted by atomic mass is 9.92. The van der Waals surface area contributed by atoms with Crippen molar-refractivity contribution < 1.29 is 18.4 Å². The summed E-state index contributed by atoms with van der Waals surface area (Å²) in [5, 5.41) is 2.12. The van der Waals surface area contributed by atoms with E-state index in [-0.39, 0.29) is 17.9 Å². The van der Waals surface area contributed by atoms with E-state index in [0.717, 1.165) is 94.3 Å². The molecule has 5 aromatic carbocycles. The molecule has 4 fully saturated rings. The minimum Gasteiger partial charge on any atom is -0.340 e. The first-order chi connectivity index (χ1) is 32.5. The summed E-state index contributed by atoms with van der Waals surface area (Å²) in [5.41, 5.74) is 6.47. The third-order valence-corrected chi connectivity index (χ3v) is 15.7. The molecule has 0 radical (unpaired) electrons. The number of carbonyl (C=O) groups excluding carboxylic acids is 2. The first-order valence-corrected chi connectivity index (χ1v) is 24.2. The van der Waals surface area contributed by atoms with Gasteiger partial charge in [-0.15, -0.1) is 0 Å². The highest BCUT2D eigenvalue weighted by Gasteiger charge is 2.72. The zero-order chi connectivity index (χ0) is 46.2. The Morgan fingerprint density at radius 1 is 0.791 bits per heavy atom. The Labute approximate surface area is 390 Å². The summed E-state index contributed by atoms with van der Waals surface area (Å²) in [6.07, 6.45) is 3.93. The minimum absolute atomic E-state index is 0.192. The fourth-order valence-electron chi connectivity index (χ4n) is 12.0. The van der Waals surface area contributed by atoms with E-state index in [4.69, 9.17) is 4.98 Å². The number of nitrogens with zero attached hydrogens (tertiary/aromatic N) is 6. The van der Waals surface area contributed by atoms with Gasteiger partial charge in [0, 0.05) is 24.4 Å². The highest BCUT2D eigenvalue weighted by molar-refractivity contribution is 6.05. The molecule has 0 bridgehead atoms. The second-order valence-corrected chi connectivity index (χ2v) is 19.2. The number of rotatable bonds is 14. The molecule has 2 aliphatic heterocycles. The van der Waals surface area contributed by atoms with Gasteiger partial charge in [0.05, 0.1) is 40.9 Å². The van der Waals surface area contributed by atoms with Crippen molar-refractivity contribution in [1.29, 1.82) is 0 Å². The van der Waals surface area contributed by atoms with Crippen LogP contribution in [0.1, 0.15) is 88.2 Å². The van der Waals surface area contributed by atoms with Crippen molar-refractivity contribution in [3.63, 3.8) is 0 Å². The summed E-state index contributed by atoms with van der Waals surface area (Å²) in [5.74, 6) is -1.50. The molecule has 4 aliphatic rings. The number of likely N-dealkylation sites (N-methyl/N-ethyl adjacent to an activating group) is 2. The van der Waals surface area contributed by atoms with E-state index in [1.165, 1.54) is 4.90 Å². The molecule has 2 N–H and O–H groups in total. The van der Waals surface area contributed by atoms with Crippen molar-refractivity contribution in [3.8, 4) is 22.4 Å².